The van der Waals surface area contributed by atoms with Crippen LogP contribution in [0.25, 0.3) is 0 Å². The molecule has 1 aliphatic heterocycles. The molecule has 1 amide bonds. The topological polar surface area (TPSA) is 84.9 Å². The molecule has 1 fully saturated rings. The second kappa shape index (κ2) is 10.2. The fourth-order valence-corrected chi connectivity index (χ4v) is 5.13. The van der Waals surface area contributed by atoms with Crippen LogP contribution in [0.15, 0.2) is 53.4 Å². The van der Waals surface area contributed by atoms with Gasteiger partial charge >= 0.3 is 0 Å². The molecule has 2 aromatic rings. The Morgan fingerprint density at radius 3 is 2.58 bits per heavy atom. The average molecular weight is 447 g/mol. The third-order valence-electron chi connectivity index (χ3n) is 5.42. The van der Waals surface area contributed by atoms with E-state index in [1.165, 1.54) is 23.5 Å². The Labute approximate surface area is 184 Å². The molecule has 2 aromatic carbocycles. The van der Waals surface area contributed by atoms with E-state index in [2.05, 4.69) is 5.32 Å². The Bertz CT molecular complexity index is 991. The summed E-state index contributed by atoms with van der Waals surface area (Å²) in [7, 11) is -2.13. The Morgan fingerprint density at radius 1 is 1.19 bits per heavy atom. The van der Waals surface area contributed by atoms with Gasteiger partial charge in [0, 0.05) is 13.1 Å². The monoisotopic (exact) mass is 446 g/mol. The highest BCUT2D eigenvalue weighted by Gasteiger charge is 2.33. The summed E-state index contributed by atoms with van der Waals surface area (Å²) < 4.78 is 38.3. The van der Waals surface area contributed by atoms with Crippen molar-refractivity contribution < 1.29 is 22.7 Å². The average Bonchev–Trinajstić information content (AvgIpc) is 2.78. The number of nitrogens with zero attached hydrogens (tertiary/aromatic N) is 1. The van der Waals surface area contributed by atoms with E-state index < -0.39 is 10.0 Å². The van der Waals surface area contributed by atoms with E-state index in [0.29, 0.717) is 31.7 Å². The fraction of sp³-hybridized carbons (Fsp3) is 0.435. The van der Waals surface area contributed by atoms with Gasteiger partial charge in [-0.1, -0.05) is 18.2 Å². The van der Waals surface area contributed by atoms with Crippen molar-refractivity contribution in [3.05, 3.63) is 54.1 Å². The number of rotatable bonds is 8. The number of benzene rings is 2. The second-order valence-corrected chi connectivity index (χ2v) is 9.80. The predicted octanol–water partition coefficient (Wildman–Crippen LogP) is 2.99. The first-order valence-electron chi connectivity index (χ1n) is 10.4. The van der Waals surface area contributed by atoms with Crippen molar-refractivity contribution in [2.24, 2.45) is 5.92 Å². The number of piperidine rings is 1. The molecule has 31 heavy (non-hydrogen) atoms. The lowest BCUT2D eigenvalue weighted by Gasteiger charge is -2.32. The molecule has 7 nitrogen and oxygen atoms in total. The van der Waals surface area contributed by atoms with Gasteiger partial charge in [-0.15, -0.1) is 0 Å². The lowest BCUT2D eigenvalue weighted by molar-refractivity contribution is -0.126. The van der Waals surface area contributed by atoms with Crippen LogP contribution in [-0.2, 0) is 14.8 Å². The smallest absolute Gasteiger partial charge is 0.243 e. The number of hydrogen-bond donors (Lipinski definition) is 1. The number of methoxy groups -OCH3 is 1. The molecule has 0 bridgehead atoms. The van der Waals surface area contributed by atoms with Gasteiger partial charge in [-0.25, -0.2) is 8.42 Å². The largest absolute Gasteiger partial charge is 0.497 e. The molecule has 8 heteroatoms. The molecule has 168 valence electrons. The van der Waals surface area contributed by atoms with Crippen LogP contribution in [0.3, 0.4) is 0 Å². The summed E-state index contributed by atoms with van der Waals surface area (Å²) in [5.74, 6) is 0.855. The summed E-state index contributed by atoms with van der Waals surface area (Å²) in [6.07, 6.45) is 1.30. The molecular formula is C23H30N2O5S. The molecule has 0 aliphatic carbocycles. The van der Waals surface area contributed by atoms with Crippen LogP contribution >= 0.6 is 0 Å². The molecular weight excluding hydrogens is 416 g/mol. The number of nitrogens with one attached hydrogen (secondary N) is 1. The van der Waals surface area contributed by atoms with Crippen molar-refractivity contribution in [1.82, 2.24) is 9.62 Å². The Morgan fingerprint density at radius 2 is 1.90 bits per heavy atom. The first-order chi connectivity index (χ1) is 14.8. The van der Waals surface area contributed by atoms with Gasteiger partial charge in [-0.05, 0) is 62.6 Å². The summed E-state index contributed by atoms with van der Waals surface area (Å²) in [4.78, 5) is 13.0. The molecule has 0 aromatic heterocycles. The Balaban J connectivity index is 1.57. The van der Waals surface area contributed by atoms with Gasteiger partial charge in [-0.3, -0.25) is 4.79 Å². The Hall–Kier alpha value is -2.58. The molecule has 0 radical (unpaired) electrons. The number of ether oxygens (including phenoxy) is 2. The summed E-state index contributed by atoms with van der Waals surface area (Å²) in [6.45, 7) is 4.77. The predicted molar refractivity (Wildman–Crippen MR) is 119 cm³/mol. The zero-order valence-corrected chi connectivity index (χ0v) is 19.0. The SMILES string of the molecule is COc1ccc(S(=O)(=O)N2CCC[C@H](C(=O)N[C@H](C)COc3ccccc3C)C2)cc1. The first-order valence-corrected chi connectivity index (χ1v) is 11.9. The van der Waals surface area contributed by atoms with Crippen LogP contribution in [0.2, 0.25) is 0 Å². The van der Waals surface area contributed by atoms with Crippen LogP contribution in [0.5, 0.6) is 11.5 Å². The minimum Gasteiger partial charge on any atom is -0.497 e. The number of hydrogen-bond acceptors (Lipinski definition) is 5. The highest BCUT2D eigenvalue weighted by atomic mass is 32.2. The number of carbonyl (C=O) groups excluding carboxylic acids is 1. The highest BCUT2D eigenvalue weighted by molar-refractivity contribution is 7.89. The van der Waals surface area contributed by atoms with Gasteiger partial charge in [0.05, 0.1) is 24.0 Å². The third kappa shape index (κ3) is 5.77. The zero-order chi connectivity index (χ0) is 22.4. The summed E-state index contributed by atoms with van der Waals surface area (Å²) in [6, 6.07) is 13.8. The maximum absolute atomic E-state index is 13.0. The quantitative estimate of drug-likeness (QED) is 0.674. The van der Waals surface area contributed by atoms with Crippen molar-refractivity contribution in [2.75, 3.05) is 26.8 Å². The van der Waals surface area contributed by atoms with E-state index in [1.54, 1.807) is 12.1 Å². The minimum atomic E-state index is -3.66. The summed E-state index contributed by atoms with van der Waals surface area (Å²) >= 11 is 0. The number of aryl methyl sites for hydroxylation is 1. The van der Waals surface area contributed by atoms with Gasteiger partial charge in [-0.2, -0.15) is 4.31 Å². The lowest BCUT2D eigenvalue weighted by atomic mass is 9.98. The van der Waals surface area contributed by atoms with E-state index in [0.717, 1.165) is 11.3 Å². The molecule has 0 saturated carbocycles. The van der Waals surface area contributed by atoms with Gasteiger partial charge < -0.3 is 14.8 Å². The van der Waals surface area contributed by atoms with Crippen LogP contribution in [-0.4, -0.2) is 51.5 Å². The van der Waals surface area contributed by atoms with Gasteiger partial charge in [0.25, 0.3) is 0 Å². The summed E-state index contributed by atoms with van der Waals surface area (Å²) in [5, 5.41) is 2.96. The van der Waals surface area contributed by atoms with Crippen molar-refractivity contribution in [2.45, 2.75) is 37.6 Å². The minimum absolute atomic E-state index is 0.143. The van der Waals surface area contributed by atoms with E-state index in [-0.39, 0.29) is 29.3 Å². The molecule has 0 unspecified atom stereocenters. The normalized spacial score (nSPS) is 18.2. The van der Waals surface area contributed by atoms with Crippen LogP contribution < -0.4 is 14.8 Å². The maximum atomic E-state index is 13.0. The van der Waals surface area contributed by atoms with E-state index in [1.807, 2.05) is 38.1 Å². The highest BCUT2D eigenvalue weighted by Crippen LogP contribution is 2.25. The van der Waals surface area contributed by atoms with Crippen LogP contribution in [0, 0.1) is 12.8 Å². The molecule has 3 rings (SSSR count). The fourth-order valence-electron chi connectivity index (χ4n) is 3.61. The van der Waals surface area contributed by atoms with E-state index in [4.69, 9.17) is 9.47 Å². The number of para-hydroxylation sites is 1. The van der Waals surface area contributed by atoms with Crippen molar-refractivity contribution in [3.8, 4) is 11.5 Å². The van der Waals surface area contributed by atoms with Crippen molar-refractivity contribution in [1.29, 1.82) is 0 Å². The zero-order valence-electron chi connectivity index (χ0n) is 18.2. The molecule has 0 spiro atoms. The van der Waals surface area contributed by atoms with Gasteiger partial charge in [0.15, 0.2) is 0 Å². The second-order valence-electron chi connectivity index (χ2n) is 7.86. The first kappa shape index (κ1) is 23.1. The van der Waals surface area contributed by atoms with Gasteiger partial charge in [0.1, 0.15) is 18.1 Å². The standard InChI is InChI=1S/C23H30N2O5S/c1-17-7-4-5-9-22(17)30-16-18(2)24-23(26)19-8-6-14-25(15-19)31(27,28)21-12-10-20(29-3)11-13-21/h4-5,7,9-13,18-19H,6,8,14-16H2,1-3H3,(H,24,26)/t18-,19+/m1/s1. The molecule has 2 atom stereocenters. The molecule has 1 heterocycles. The molecule has 1 saturated heterocycles. The lowest BCUT2D eigenvalue weighted by Crippen LogP contribution is -2.48. The third-order valence-corrected chi connectivity index (χ3v) is 7.30. The van der Waals surface area contributed by atoms with Gasteiger partial charge in [0.2, 0.25) is 15.9 Å². The van der Waals surface area contributed by atoms with Crippen molar-refractivity contribution >= 4 is 15.9 Å². The number of amides is 1. The van der Waals surface area contributed by atoms with Crippen LogP contribution in [0.4, 0.5) is 0 Å². The molecule has 1 N–H and O–H groups in total. The van der Waals surface area contributed by atoms with E-state index >= 15 is 0 Å². The Kier molecular flexibility index (Phi) is 7.56. The summed E-state index contributed by atoms with van der Waals surface area (Å²) in [5.41, 5.74) is 1.03. The number of carbonyl (C=O) groups is 1. The maximum Gasteiger partial charge on any atom is 0.243 e. The van der Waals surface area contributed by atoms with Crippen molar-refractivity contribution in [3.63, 3.8) is 0 Å². The van der Waals surface area contributed by atoms with E-state index in [9.17, 15) is 13.2 Å². The van der Waals surface area contributed by atoms with Crippen LogP contribution in [0.1, 0.15) is 25.3 Å². The molecule has 1 aliphatic rings. The number of sulfonamides is 1.